The van der Waals surface area contributed by atoms with Crippen molar-refractivity contribution in [3.8, 4) is 0 Å². The number of hydrogen-bond donors (Lipinski definition) is 0. The van der Waals surface area contributed by atoms with Gasteiger partial charge in [-0.15, -0.1) is 11.8 Å². The minimum atomic E-state index is 0.607. The quantitative estimate of drug-likeness (QED) is 0.469. The lowest BCUT2D eigenvalue weighted by atomic mass is 10.4. The van der Waals surface area contributed by atoms with Crippen LogP contribution in [0, 0.1) is 0 Å². The third-order valence-corrected chi connectivity index (χ3v) is 3.68. The maximum absolute atomic E-state index is 4.28. The second kappa shape index (κ2) is 4.49. The monoisotopic (exact) mass is 273 g/mol. The summed E-state index contributed by atoms with van der Waals surface area (Å²) in [6.45, 7) is 2.13. The summed E-state index contributed by atoms with van der Waals surface area (Å²) in [6.07, 6.45) is 4.87. The molecule has 1 fully saturated rings. The van der Waals surface area contributed by atoms with Crippen molar-refractivity contribution < 1.29 is 0 Å². The third kappa shape index (κ3) is 2.20. The molecule has 1 unspecified atom stereocenters. The average molecular weight is 274 g/mol. The van der Waals surface area contributed by atoms with Crippen molar-refractivity contribution in [2.24, 2.45) is 0 Å². The van der Waals surface area contributed by atoms with E-state index in [1.165, 1.54) is 6.42 Å². The van der Waals surface area contributed by atoms with Crippen LogP contribution < -0.4 is 4.90 Å². The first kappa shape index (κ1) is 10.2. The number of halogens is 1. The van der Waals surface area contributed by atoms with Crippen LogP contribution in [0.3, 0.4) is 0 Å². The first-order valence-corrected chi connectivity index (χ1v) is 6.68. The molecule has 3 nitrogen and oxygen atoms in total. The predicted octanol–water partition coefficient (Wildman–Crippen LogP) is 2.17. The lowest BCUT2D eigenvalue weighted by Crippen LogP contribution is -2.20. The summed E-state index contributed by atoms with van der Waals surface area (Å²) >= 11 is 5.27. The first-order chi connectivity index (χ1) is 6.79. The summed E-state index contributed by atoms with van der Waals surface area (Å²) in [5, 5.41) is 1.04. The molecule has 14 heavy (non-hydrogen) atoms. The van der Waals surface area contributed by atoms with E-state index in [-0.39, 0.29) is 0 Å². The number of anilines is 1. The number of rotatable bonds is 2. The van der Waals surface area contributed by atoms with Gasteiger partial charge in [0.2, 0.25) is 0 Å². The molecule has 0 aliphatic carbocycles. The van der Waals surface area contributed by atoms with Crippen LogP contribution in [0.1, 0.15) is 6.42 Å². The van der Waals surface area contributed by atoms with E-state index < -0.39 is 0 Å². The van der Waals surface area contributed by atoms with Crippen LogP contribution in [0.4, 0.5) is 5.82 Å². The SMILES string of the molecule is CSc1cc(N2CCC(Br)C2)ncn1. The van der Waals surface area contributed by atoms with E-state index >= 15 is 0 Å². The smallest absolute Gasteiger partial charge is 0.133 e. The van der Waals surface area contributed by atoms with Crippen LogP contribution in [0.15, 0.2) is 17.4 Å². The lowest BCUT2D eigenvalue weighted by Gasteiger charge is -2.16. The molecule has 0 bridgehead atoms. The van der Waals surface area contributed by atoms with Gasteiger partial charge in [-0.1, -0.05) is 15.9 Å². The zero-order chi connectivity index (χ0) is 9.97. The normalized spacial score (nSPS) is 21.6. The van der Waals surface area contributed by atoms with Gasteiger partial charge in [-0.25, -0.2) is 9.97 Å². The molecule has 0 amide bonds. The van der Waals surface area contributed by atoms with Crippen molar-refractivity contribution in [3.63, 3.8) is 0 Å². The minimum Gasteiger partial charge on any atom is -0.355 e. The molecule has 5 heteroatoms. The highest BCUT2D eigenvalue weighted by molar-refractivity contribution is 9.09. The summed E-state index contributed by atoms with van der Waals surface area (Å²) in [5.41, 5.74) is 0. The van der Waals surface area contributed by atoms with Gasteiger partial charge in [-0.2, -0.15) is 0 Å². The predicted molar refractivity (Wildman–Crippen MR) is 63.4 cm³/mol. The second-order valence-electron chi connectivity index (χ2n) is 3.25. The maximum Gasteiger partial charge on any atom is 0.133 e. The fourth-order valence-corrected chi connectivity index (χ4v) is 2.47. The van der Waals surface area contributed by atoms with Gasteiger partial charge in [0.1, 0.15) is 17.2 Å². The van der Waals surface area contributed by atoms with Gasteiger partial charge in [-0.3, -0.25) is 0 Å². The van der Waals surface area contributed by atoms with Crippen molar-refractivity contribution in [2.75, 3.05) is 24.2 Å². The van der Waals surface area contributed by atoms with Crippen LogP contribution in [0.25, 0.3) is 0 Å². The number of alkyl halides is 1. The number of thioether (sulfide) groups is 1. The summed E-state index contributed by atoms with van der Waals surface area (Å²) in [6, 6.07) is 2.05. The molecular weight excluding hydrogens is 262 g/mol. The molecule has 0 saturated carbocycles. The van der Waals surface area contributed by atoms with E-state index in [1.54, 1.807) is 18.1 Å². The fraction of sp³-hybridized carbons (Fsp3) is 0.556. The Morgan fingerprint density at radius 2 is 2.43 bits per heavy atom. The molecule has 1 saturated heterocycles. The van der Waals surface area contributed by atoms with Gasteiger partial charge in [0, 0.05) is 24.0 Å². The van der Waals surface area contributed by atoms with Gasteiger partial charge in [0.15, 0.2) is 0 Å². The zero-order valence-corrected chi connectivity index (χ0v) is 10.4. The van der Waals surface area contributed by atoms with Crippen molar-refractivity contribution in [2.45, 2.75) is 16.3 Å². The van der Waals surface area contributed by atoms with Gasteiger partial charge < -0.3 is 4.90 Å². The molecule has 0 spiro atoms. The molecule has 1 aromatic heterocycles. The molecule has 1 atom stereocenters. The van der Waals surface area contributed by atoms with Gasteiger partial charge in [0.05, 0.1) is 0 Å². The van der Waals surface area contributed by atoms with Gasteiger partial charge in [0.25, 0.3) is 0 Å². The Kier molecular flexibility index (Phi) is 3.28. The Hall–Kier alpha value is -0.290. The Labute approximate surface area is 96.4 Å². The van der Waals surface area contributed by atoms with E-state index in [0.29, 0.717) is 4.83 Å². The summed E-state index contributed by atoms with van der Waals surface area (Å²) < 4.78 is 0. The molecule has 0 N–H and O–H groups in total. The number of aromatic nitrogens is 2. The molecule has 0 radical (unpaired) electrons. The van der Waals surface area contributed by atoms with E-state index in [0.717, 1.165) is 23.9 Å². The Balaban J connectivity index is 2.15. The Morgan fingerprint density at radius 1 is 1.57 bits per heavy atom. The third-order valence-electron chi connectivity index (χ3n) is 2.29. The average Bonchev–Trinajstić information content (AvgIpc) is 2.65. The number of nitrogens with zero attached hydrogens (tertiary/aromatic N) is 3. The summed E-state index contributed by atoms with van der Waals surface area (Å²) in [7, 11) is 0. The summed E-state index contributed by atoms with van der Waals surface area (Å²) in [4.78, 5) is 11.3. The zero-order valence-electron chi connectivity index (χ0n) is 7.98. The molecule has 0 aromatic carbocycles. The summed E-state index contributed by atoms with van der Waals surface area (Å²) in [5.74, 6) is 1.05. The molecule has 1 aliphatic rings. The van der Waals surface area contributed by atoms with Crippen LogP contribution in [0.5, 0.6) is 0 Å². The first-order valence-electron chi connectivity index (χ1n) is 4.54. The topological polar surface area (TPSA) is 29.0 Å². The highest BCUT2D eigenvalue weighted by Gasteiger charge is 2.21. The second-order valence-corrected chi connectivity index (χ2v) is 5.37. The highest BCUT2D eigenvalue weighted by atomic mass is 79.9. The lowest BCUT2D eigenvalue weighted by molar-refractivity contribution is 0.910. The highest BCUT2D eigenvalue weighted by Crippen LogP contribution is 2.23. The van der Waals surface area contributed by atoms with Crippen molar-refractivity contribution >= 4 is 33.5 Å². The molecule has 1 aliphatic heterocycles. The maximum atomic E-state index is 4.28. The van der Waals surface area contributed by atoms with E-state index in [2.05, 4.69) is 36.9 Å². The number of hydrogen-bond acceptors (Lipinski definition) is 4. The van der Waals surface area contributed by atoms with E-state index in [9.17, 15) is 0 Å². The van der Waals surface area contributed by atoms with Gasteiger partial charge >= 0.3 is 0 Å². The van der Waals surface area contributed by atoms with Crippen LogP contribution in [-0.4, -0.2) is 34.1 Å². The molecule has 2 heterocycles. The minimum absolute atomic E-state index is 0.607. The van der Waals surface area contributed by atoms with Gasteiger partial charge in [-0.05, 0) is 12.7 Å². The molecule has 76 valence electrons. The standard InChI is InChI=1S/C9H12BrN3S/c1-14-9-4-8(11-6-12-9)13-3-2-7(10)5-13/h4,6-7H,2-3,5H2,1H3. The van der Waals surface area contributed by atoms with E-state index in [1.807, 2.05) is 6.26 Å². The molecular formula is C9H12BrN3S. The fourth-order valence-electron chi connectivity index (χ4n) is 1.54. The van der Waals surface area contributed by atoms with Crippen molar-refractivity contribution in [1.82, 2.24) is 9.97 Å². The van der Waals surface area contributed by atoms with Crippen molar-refractivity contribution in [3.05, 3.63) is 12.4 Å². The molecule has 1 aromatic rings. The Bertz CT molecular complexity index is 321. The van der Waals surface area contributed by atoms with E-state index in [4.69, 9.17) is 0 Å². The Morgan fingerprint density at radius 3 is 3.07 bits per heavy atom. The largest absolute Gasteiger partial charge is 0.355 e. The van der Waals surface area contributed by atoms with Crippen LogP contribution >= 0.6 is 27.7 Å². The van der Waals surface area contributed by atoms with Crippen LogP contribution in [-0.2, 0) is 0 Å². The van der Waals surface area contributed by atoms with Crippen molar-refractivity contribution in [1.29, 1.82) is 0 Å². The molecule has 2 rings (SSSR count). The van der Waals surface area contributed by atoms with Crippen LogP contribution in [0.2, 0.25) is 0 Å².